The number of benzene rings is 1. The molecular weight excluding hydrogens is 350 g/mol. The lowest BCUT2D eigenvalue weighted by molar-refractivity contribution is 0.413. The van der Waals surface area contributed by atoms with Crippen LogP contribution in [0, 0.1) is 6.92 Å². The zero-order chi connectivity index (χ0) is 19.3. The maximum absolute atomic E-state index is 5.54. The fourth-order valence-electron chi connectivity index (χ4n) is 4.18. The number of aryl methyl sites for hydroxylation is 1. The van der Waals surface area contributed by atoms with Crippen LogP contribution < -0.4 is 19.4 Å². The quantitative estimate of drug-likeness (QED) is 0.808. The van der Waals surface area contributed by atoms with Gasteiger partial charge in [0.1, 0.15) is 11.6 Å². The van der Waals surface area contributed by atoms with Gasteiger partial charge in [-0.1, -0.05) is 25.0 Å². The van der Waals surface area contributed by atoms with E-state index in [1.165, 1.54) is 31.4 Å². The van der Waals surface area contributed by atoms with E-state index in [4.69, 9.17) is 14.7 Å². The van der Waals surface area contributed by atoms with E-state index in [0.717, 1.165) is 62.5 Å². The molecule has 0 saturated carbocycles. The fraction of sp³-hybridized carbons (Fsp3) is 0.545. The molecule has 150 valence electrons. The number of anilines is 3. The van der Waals surface area contributed by atoms with E-state index >= 15 is 0 Å². The Morgan fingerprint density at radius 3 is 2.18 bits per heavy atom. The average molecular weight is 382 g/mol. The molecule has 0 bridgehead atoms. The summed E-state index contributed by atoms with van der Waals surface area (Å²) in [5.74, 6) is 2.91. The molecule has 0 spiro atoms. The van der Waals surface area contributed by atoms with Crippen molar-refractivity contribution in [2.24, 2.45) is 0 Å². The molecule has 2 saturated heterocycles. The van der Waals surface area contributed by atoms with Gasteiger partial charge in [-0.15, -0.1) is 0 Å². The first-order valence-corrected chi connectivity index (χ1v) is 10.5. The van der Waals surface area contributed by atoms with E-state index in [9.17, 15) is 0 Å². The Hall–Kier alpha value is -2.50. The summed E-state index contributed by atoms with van der Waals surface area (Å²) in [7, 11) is 1.74. The first-order valence-electron chi connectivity index (χ1n) is 10.5. The van der Waals surface area contributed by atoms with Gasteiger partial charge >= 0.3 is 0 Å². The molecule has 0 N–H and O–H groups in total. The van der Waals surface area contributed by atoms with Gasteiger partial charge in [0.05, 0.1) is 12.8 Å². The number of hydrogen-bond donors (Lipinski definition) is 0. The van der Waals surface area contributed by atoms with Gasteiger partial charge in [0.2, 0.25) is 5.95 Å². The third-order valence-corrected chi connectivity index (χ3v) is 5.75. The Morgan fingerprint density at radius 2 is 1.46 bits per heavy atom. The third kappa shape index (κ3) is 4.16. The fourth-order valence-corrected chi connectivity index (χ4v) is 4.18. The lowest BCUT2D eigenvalue weighted by Crippen LogP contribution is -2.47. The number of hydrogen-bond acceptors (Lipinski definition) is 6. The van der Waals surface area contributed by atoms with Crippen LogP contribution in [-0.2, 0) is 0 Å². The van der Waals surface area contributed by atoms with Crippen molar-refractivity contribution >= 4 is 17.5 Å². The average Bonchev–Trinajstić information content (AvgIpc) is 3.03. The zero-order valence-corrected chi connectivity index (χ0v) is 17.1. The van der Waals surface area contributed by atoms with E-state index in [1.807, 2.05) is 12.1 Å². The highest BCUT2D eigenvalue weighted by atomic mass is 16.5. The molecule has 28 heavy (non-hydrogen) atoms. The Morgan fingerprint density at radius 1 is 0.786 bits per heavy atom. The van der Waals surface area contributed by atoms with Crippen LogP contribution in [0.15, 0.2) is 30.3 Å². The molecule has 2 aliphatic rings. The minimum Gasteiger partial charge on any atom is -0.495 e. The van der Waals surface area contributed by atoms with E-state index in [1.54, 1.807) is 7.11 Å². The largest absolute Gasteiger partial charge is 0.495 e. The van der Waals surface area contributed by atoms with Crippen LogP contribution in [0.4, 0.5) is 17.5 Å². The Labute approximate surface area is 168 Å². The summed E-state index contributed by atoms with van der Waals surface area (Å²) < 4.78 is 5.54. The maximum atomic E-state index is 5.54. The summed E-state index contributed by atoms with van der Waals surface area (Å²) in [4.78, 5) is 16.9. The Bertz CT molecular complexity index is 780. The molecule has 0 unspecified atom stereocenters. The molecule has 0 radical (unpaired) electrons. The van der Waals surface area contributed by atoms with Gasteiger partial charge in [-0.25, -0.2) is 4.98 Å². The van der Waals surface area contributed by atoms with Crippen molar-refractivity contribution in [3.8, 4) is 5.75 Å². The number of para-hydroxylation sites is 2. The number of aromatic nitrogens is 2. The van der Waals surface area contributed by atoms with Crippen LogP contribution in [0.5, 0.6) is 5.75 Å². The molecule has 0 aliphatic carbocycles. The second kappa shape index (κ2) is 8.67. The summed E-state index contributed by atoms with van der Waals surface area (Å²) >= 11 is 0. The molecular formula is C22H31N5O. The third-order valence-electron chi connectivity index (χ3n) is 5.75. The molecule has 3 heterocycles. The van der Waals surface area contributed by atoms with Gasteiger partial charge in [0.15, 0.2) is 0 Å². The van der Waals surface area contributed by atoms with Gasteiger partial charge in [-0.05, 0) is 31.9 Å². The van der Waals surface area contributed by atoms with Crippen LogP contribution in [0.2, 0.25) is 0 Å². The van der Waals surface area contributed by atoms with Crippen LogP contribution in [0.25, 0.3) is 0 Å². The predicted molar refractivity (Wildman–Crippen MR) is 115 cm³/mol. The maximum Gasteiger partial charge on any atom is 0.227 e. The minimum absolute atomic E-state index is 0.907. The van der Waals surface area contributed by atoms with Gasteiger partial charge in [0, 0.05) is 51.0 Å². The monoisotopic (exact) mass is 381 g/mol. The molecule has 1 aromatic heterocycles. The van der Waals surface area contributed by atoms with E-state index in [0.29, 0.717) is 0 Å². The van der Waals surface area contributed by atoms with Crippen molar-refractivity contribution in [3.05, 3.63) is 36.0 Å². The number of nitrogens with zero attached hydrogens (tertiary/aromatic N) is 5. The van der Waals surface area contributed by atoms with Crippen LogP contribution >= 0.6 is 0 Å². The van der Waals surface area contributed by atoms with Gasteiger partial charge in [-0.2, -0.15) is 4.98 Å². The molecule has 6 heteroatoms. The molecule has 1 aromatic carbocycles. The number of piperazine rings is 1. The predicted octanol–water partition coefficient (Wildman–Crippen LogP) is 3.50. The van der Waals surface area contributed by atoms with E-state index < -0.39 is 0 Å². The molecule has 0 atom stereocenters. The smallest absolute Gasteiger partial charge is 0.227 e. The highest BCUT2D eigenvalue weighted by molar-refractivity contribution is 5.59. The van der Waals surface area contributed by atoms with Crippen molar-refractivity contribution in [1.29, 1.82) is 0 Å². The van der Waals surface area contributed by atoms with Crippen molar-refractivity contribution < 1.29 is 4.74 Å². The summed E-state index contributed by atoms with van der Waals surface area (Å²) in [6.07, 6.45) is 5.12. The summed E-state index contributed by atoms with van der Waals surface area (Å²) in [5.41, 5.74) is 2.23. The normalized spacial score (nSPS) is 18.1. The van der Waals surface area contributed by atoms with E-state index in [-0.39, 0.29) is 0 Å². The number of methoxy groups -OCH3 is 1. The van der Waals surface area contributed by atoms with Gasteiger partial charge in [-0.3, -0.25) is 0 Å². The second-order valence-corrected chi connectivity index (χ2v) is 7.71. The van der Waals surface area contributed by atoms with Crippen LogP contribution in [0.3, 0.4) is 0 Å². The SMILES string of the molecule is COc1ccccc1N1CCN(c2cc(C)nc(N3CCCCCC3)n2)CC1. The molecule has 6 nitrogen and oxygen atoms in total. The summed E-state index contributed by atoms with van der Waals surface area (Å²) in [5, 5.41) is 0. The van der Waals surface area contributed by atoms with Crippen molar-refractivity contribution in [2.45, 2.75) is 32.6 Å². The highest BCUT2D eigenvalue weighted by Gasteiger charge is 2.22. The zero-order valence-electron chi connectivity index (χ0n) is 17.1. The first kappa shape index (κ1) is 18.8. The van der Waals surface area contributed by atoms with Crippen LogP contribution in [0.1, 0.15) is 31.4 Å². The van der Waals surface area contributed by atoms with Crippen LogP contribution in [-0.4, -0.2) is 56.3 Å². The molecule has 2 aliphatic heterocycles. The van der Waals surface area contributed by atoms with Gasteiger partial charge in [0.25, 0.3) is 0 Å². The van der Waals surface area contributed by atoms with Crippen molar-refractivity contribution in [2.75, 3.05) is 61.1 Å². The lowest BCUT2D eigenvalue weighted by Gasteiger charge is -2.37. The topological polar surface area (TPSA) is 44.7 Å². The van der Waals surface area contributed by atoms with E-state index in [2.05, 4.69) is 39.8 Å². The van der Waals surface area contributed by atoms with Gasteiger partial charge < -0.3 is 19.4 Å². The molecule has 2 fully saturated rings. The summed E-state index contributed by atoms with van der Waals surface area (Å²) in [6.45, 7) is 8.05. The molecule has 4 rings (SSSR count). The highest BCUT2D eigenvalue weighted by Crippen LogP contribution is 2.29. The lowest BCUT2D eigenvalue weighted by atomic mass is 10.2. The Balaban J connectivity index is 1.47. The number of rotatable bonds is 4. The Kier molecular flexibility index (Phi) is 5.84. The molecule has 2 aromatic rings. The van der Waals surface area contributed by atoms with Crippen molar-refractivity contribution in [3.63, 3.8) is 0 Å². The summed E-state index contributed by atoms with van der Waals surface area (Å²) in [6, 6.07) is 10.4. The first-order chi connectivity index (χ1) is 13.7. The standard InChI is InChI=1S/C22H31N5O/c1-18-17-21(24-22(23-18)27-11-7-3-4-8-12-27)26-15-13-25(14-16-26)19-9-5-6-10-20(19)28-2/h5-6,9-10,17H,3-4,7-8,11-16H2,1-2H3. The minimum atomic E-state index is 0.907. The second-order valence-electron chi connectivity index (χ2n) is 7.71. The van der Waals surface area contributed by atoms with Crippen molar-refractivity contribution in [1.82, 2.24) is 9.97 Å². The molecule has 0 amide bonds. The number of ether oxygens (including phenoxy) is 1.